The lowest BCUT2D eigenvalue weighted by molar-refractivity contribution is 0.615. The van der Waals surface area contributed by atoms with Crippen molar-refractivity contribution in [2.75, 3.05) is 13.1 Å². The molecule has 114 valence electrons. The summed E-state index contributed by atoms with van der Waals surface area (Å²) in [6, 6.07) is 6.72. The van der Waals surface area contributed by atoms with E-state index in [0.29, 0.717) is 6.54 Å². The molecule has 0 atom stereocenters. The van der Waals surface area contributed by atoms with Crippen molar-refractivity contribution >= 4 is 0 Å². The Morgan fingerprint density at radius 2 is 2.10 bits per heavy atom. The number of aromatic nitrogens is 2. The Balaban J connectivity index is 2.07. The first-order chi connectivity index (χ1) is 10.1. The second kappa shape index (κ2) is 7.36. The third-order valence-electron chi connectivity index (χ3n) is 3.78. The lowest BCUT2D eigenvalue weighted by atomic mass is 10.1. The maximum Gasteiger partial charge on any atom is 0.123 e. The summed E-state index contributed by atoms with van der Waals surface area (Å²) in [6.45, 7) is 8.94. The monoisotopic (exact) mass is 289 g/mol. The highest BCUT2D eigenvalue weighted by atomic mass is 19.1. The van der Waals surface area contributed by atoms with Gasteiger partial charge in [-0.15, -0.1) is 0 Å². The summed E-state index contributed by atoms with van der Waals surface area (Å²) in [7, 11) is 0. The van der Waals surface area contributed by atoms with Gasteiger partial charge in [0.25, 0.3) is 0 Å². The number of benzene rings is 1. The molecule has 2 aromatic rings. The Morgan fingerprint density at radius 1 is 1.29 bits per heavy atom. The summed E-state index contributed by atoms with van der Waals surface area (Å²) in [6.07, 6.45) is 2.15. The predicted octanol–water partition coefficient (Wildman–Crippen LogP) is 3.23. The molecule has 0 aliphatic carbocycles. The third kappa shape index (κ3) is 4.14. The van der Waals surface area contributed by atoms with Crippen molar-refractivity contribution in [1.29, 1.82) is 0 Å². The van der Waals surface area contributed by atoms with Crippen molar-refractivity contribution in [3.8, 4) is 0 Å². The number of nitrogens with one attached hydrogen (secondary N) is 1. The average molecular weight is 289 g/mol. The van der Waals surface area contributed by atoms with Crippen LogP contribution in [0.2, 0.25) is 0 Å². The molecule has 0 unspecified atom stereocenters. The second-order valence-corrected chi connectivity index (χ2v) is 5.39. The third-order valence-corrected chi connectivity index (χ3v) is 3.78. The first kappa shape index (κ1) is 15.7. The summed E-state index contributed by atoms with van der Waals surface area (Å²) in [5.74, 6) is -0.195. The van der Waals surface area contributed by atoms with Crippen LogP contribution in [0.4, 0.5) is 4.39 Å². The van der Waals surface area contributed by atoms with Gasteiger partial charge < -0.3 is 5.32 Å². The van der Waals surface area contributed by atoms with Gasteiger partial charge in [0.2, 0.25) is 0 Å². The van der Waals surface area contributed by atoms with Crippen LogP contribution in [0.5, 0.6) is 0 Å². The molecule has 4 heteroatoms. The van der Waals surface area contributed by atoms with Gasteiger partial charge in [-0.05, 0) is 63.0 Å². The van der Waals surface area contributed by atoms with E-state index in [0.717, 1.165) is 37.2 Å². The molecule has 2 rings (SSSR count). The highest BCUT2D eigenvalue weighted by molar-refractivity contribution is 5.26. The smallest absolute Gasteiger partial charge is 0.123 e. The molecule has 0 aliphatic rings. The molecular formula is C17H24FN3. The van der Waals surface area contributed by atoms with Crippen LogP contribution in [-0.4, -0.2) is 22.9 Å². The van der Waals surface area contributed by atoms with Crippen LogP contribution < -0.4 is 5.32 Å². The topological polar surface area (TPSA) is 29.9 Å². The van der Waals surface area contributed by atoms with Crippen LogP contribution in [-0.2, 0) is 13.0 Å². The minimum Gasteiger partial charge on any atom is -0.317 e. The maximum atomic E-state index is 13.3. The zero-order valence-corrected chi connectivity index (χ0v) is 13.1. The Labute approximate surface area is 126 Å². The van der Waals surface area contributed by atoms with Crippen molar-refractivity contribution in [1.82, 2.24) is 15.1 Å². The van der Waals surface area contributed by atoms with Gasteiger partial charge in [0.05, 0.1) is 12.2 Å². The van der Waals surface area contributed by atoms with E-state index in [9.17, 15) is 4.39 Å². The summed E-state index contributed by atoms with van der Waals surface area (Å²) < 4.78 is 15.2. The van der Waals surface area contributed by atoms with Crippen molar-refractivity contribution in [3.63, 3.8) is 0 Å². The van der Waals surface area contributed by atoms with Crippen molar-refractivity contribution in [2.45, 2.75) is 40.2 Å². The fourth-order valence-corrected chi connectivity index (χ4v) is 2.62. The number of nitrogens with zero attached hydrogens (tertiary/aromatic N) is 2. The van der Waals surface area contributed by atoms with Gasteiger partial charge >= 0.3 is 0 Å². The lowest BCUT2D eigenvalue weighted by Crippen LogP contribution is -2.14. The van der Waals surface area contributed by atoms with Crippen LogP contribution >= 0.6 is 0 Å². The Hall–Kier alpha value is -1.68. The Morgan fingerprint density at radius 3 is 2.81 bits per heavy atom. The molecule has 1 N–H and O–H groups in total. The predicted molar refractivity (Wildman–Crippen MR) is 84.1 cm³/mol. The minimum atomic E-state index is -0.195. The molecule has 0 radical (unpaired) electrons. The number of hydrogen-bond donors (Lipinski definition) is 1. The number of rotatable bonds is 7. The molecule has 3 nitrogen and oxygen atoms in total. The highest BCUT2D eigenvalue weighted by Crippen LogP contribution is 2.16. The van der Waals surface area contributed by atoms with Crippen molar-refractivity contribution < 1.29 is 4.39 Å². The summed E-state index contributed by atoms with van der Waals surface area (Å²) in [5.41, 5.74) is 4.54. The molecule has 21 heavy (non-hydrogen) atoms. The number of hydrogen-bond acceptors (Lipinski definition) is 2. The largest absolute Gasteiger partial charge is 0.317 e. The normalized spacial score (nSPS) is 11.0. The first-order valence-electron chi connectivity index (χ1n) is 7.60. The number of aryl methyl sites for hydroxylation is 1. The number of halogens is 1. The quantitative estimate of drug-likeness (QED) is 0.793. The second-order valence-electron chi connectivity index (χ2n) is 5.39. The standard InChI is InChI=1S/C17H24FN3/c1-4-19-10-6-9-17-13(2)20-21(14(17)3)12-15-7-5-8-16(18)11-15/h5,7-8,11,19H,4,6,9-10,12H2,1-3H3. The van der Waals surface area contributed by atoms with E-state index in [2.05, 4.69) is 31.2 Å². The average Bonchev–Trinajstić information content (AvgIpc) is 2.70. The molecule has 0 spiro atoms. The van der Waals surface area contributed by atoms with Gasteiger partial charge in [-0.25, -0.2) is 4.39 Å². The molecule has 0 saturated carbocycles. The van der Waals surface area contributed by atoms with E-state index in [1.807, 2.05) is 10.7 Å². The van der Waals surface area contributed by atoms with Gasteiger partial charge in [0.15, 0.2) is 0 Å². The lowest BCUT2D eigenvalue weighted by Gasteiger charge is -2.06. The van der Waals surface area contributed by atoms with E-state index < -0.39 is 0 Å². The Kier molecular flexibility index (Phi) is 5.51. The van der Waals surface area contributed by atoms with Crippen LogP contribution in [0.15, 0.2) is 24.3 Å². The van der Waals surface area contributed by atoms with E-state index in [4.69, 9.17) is 0 Å². The van der Waals surface area contributed by atoms with Gasteiger partial charge in [-0.3, -0.25) is 4.68 Å². The molecule has 0 bridgehead atoms. The van der Waals surface area contributed by atoms with E-state index in [1.165, 1.54) is 17.3 Å². The molecule has 0 aliphatic heterocycles. The molecule has 1 aromatic carbocycles. The van der Waals surface area contributed by atoms with Gasteiger partial charge in [-0.2, -0.15) is 5.10 Å². The molecule has 1 aromatic heterocycles. The molecular weight excluding hydrogens is 265 g/mol. The van der Waals surface area contributed by atoms with Gasteiger partial charge in [-0.1, -0.05) is 19.1 Å². The maximum absolute atomic E-state index is 13.3. The van der Waals surface area contributed by atoms with E-state index >= 15 is 0 Å². The van der Waals surface area contributed by atoms with E-state index in [1.54, 1.807) is 12.1 Å². The molecule has 1 heterocycles. The van der Waals surface area contributed by atoms with Gasteiger partial charge in [0.1, 0.15) is 5.82 Å². The van der Waals surface area contributed by atoms with Crippen LogP contribution in [0.3, 0.4) is 0 Å². The summed E-state index contributed by atoms with van der Waals surface area (Å²) in [5, 5.41) is 7.95. The highest BCUT2D eigenvalue weighted by Gasteiger charge is 2.11. The van der Waals surface area contributed by atoms with Crippen LogP contribution in [0.1, 0.15) is 35.9 Å². The summed E-state index contributed by atoms with van der Waals surface area (Å²) >= 11 is 0. The Bertz CT molecular complexity index is 590. The van der Waals surface area contributed by atoms with Crippen LogP contribution in [0, 0.1) is 19.7 Å². The van der Waals surface area contributed by atoms with Crippen molar-refractivity contribution in [3.05, 3.63) is 52.6 Å². The zero-order valence-electron chi connectivity index (χ0n) is 13.1. The first-order valence-corrected chi connectivity index (χ1v) is 7.60. The molecule has 0 amide bonds. The SMILES string of the molecule is CCNCCCc1c(C)nn(Cc2cccc(F)c2)c1C. The molecule has 0 fully saturated rings. The van der Waals surface area contributed by atoms with Crippen LogP contribution in [0.25, 0.3) is 0 Å². The summed E-state index contributed by atoms with van der Waals surface area (Å²) in [4.78, 5) is 0. The fraction of sp³-hybridized carbons (Fsp3) is 0.471. The van der Waals surface area contributed by atoms with Crippen molar-refractivity contribution in [2.24, 2.45) is 0 Å². The minimum absolute atomic E-state index is 0.195. The fourth-order valence-electron chi connectivity index (χ4n) is 2.62. The molecule has 0 saturated heterocycles. The zero-order chi connectivity index (χ0) is 15.2. The van der Waals surface area contributed by atoms with Gasteiger partial charge in [0, 0.05) is 5.69 Å². The van der Waals surface area contributed by atoms with E-state index in [-0.39, 0.29) is 5.82 Å².